The van der Waals surface area contributed by atoms with Crippen LogP contribution in [0.3, 0.4) is 0 Å². The lowest BCUT2D eigenvalue weighted by Gasteiger charge is -2.37. The summed E-state index contributed by atoms with van der Waals surface area (Å²) >= 11 is 0.781. The number of carbonyl (C=O) groups excluding carboxylic acids is 2. The highest BCUT2D eigenvalue weighted by Gasteiger charge is 2.47. The molecule has 2 aromatic carbocycles. The van der Waals surface area contributed by atoms with Crippen molar-refractivity contribution in [2.45, 2.75) is 50.0 Å². The van der Waals surface area contributed by atoms with E-state index in [1.807, 2.05) is 0 Å². The normalized spacial score (nSPS) is 20.0. The van der Waals surface area contributed by atoms with Gasteiger partial charge in [-0.15, -0.1) is 0 Å². The summed E-state index contributed by atoms with van der Waals surface area (Å²) in [7, 11) is -4.17. The zero-order chi connectivity index (χ0) is 32.7. The number of hydrogen-bond donors (Lipinski definition) is 6. The lowest BCUT2D eigenvalue weighted by atomic mass is 9.66. The number of amidine groups is 1. The Labute approximate surface area is 264 Å². The van der Waals surface area contributed by atoms with E-state index < -0.39 is 39.4 Å². The van der Waals surface area contributed by atoms with Crippen molar-refractivity contribution >= 4 is 57.0 Å². The number of nitrogens with one attached hydrogen (secondary N) is 2. The third-order valence-corrected chi connectivity index (χ3v) is 9.74. The van der Waals surface area contributed by atoms with Crippen LogP contribution in [0.2, 0.25) is 0 Å². The van der Waals surface area contributed by atoms with Gasteiger partial charge in [0, 0.05) is 30.1 Å². The van der Waals surface area contributed by atoms with Crippen LogP contribution < -0.4 is 14.5 Å². The quantitative estimate of drug-likeness (QED) is 0.161. The van der Waals surface area contributed by atoms with E-state index in [4.69, 9.17) is 4.74 Å². The van der Waals surface area contributed by atoms with Gasteiger partial charge in [-0.25, -0.2) is 4.79 Å². The number of aromatic hydroxyl groups is 1. The molecule has 1 amide bonds. The Morgan fingerprint density at radius 3 is 2.62 bits per heavy atom. The molecule has 1 fully saturated rings. The largest absolute Gasteiger partial charge is 0.506 e. The van der Waals surface area contributed by atoms with E-state index in [0.717, 1.165) is 24.4 Å². The molecular weight excluding hydrogens is 626 g/mol. The molecule has 0 bridgehead atoms. The molecule has 14 nitrogen and oxygen atoms in total. The molecule has 0 spiro atoms. The molecule has 0 aromatic heterocycles. The number of likely N-dealkylation sites (tertiary alicyclic amines) is 1. The lowest BCUT2D eigenvalue weighted by Crippen LogP contribution is -2.53. The Morgan fingerprint density at radius 1 is 1.22 bits per heavy atom. The first-order valence-electron chi connectivity index (χ1n) is 14.3. The maximum atomic E-state index is 14.1. The molecule has 1 aliphatic carbocycles. The number of anilines is 2. The third-order valence-electron chi connectivity index (χ3n) is 7.88. The van der Waals surface area contributed by atoms with Crippen molar-refractivity contribution in [1.82, 2.24) is 9.62 Å². The van der Waals surface area contributed by atoms with E-state index >= 15 is 0 Å². The standard InChI is InChI=1S/C29H35N5O9S2/c1-16(2)8-9-29(3)20-7-5-4-6-19(20)25(37)23(26(29)38)27-31-44-22-13-17(12-21(36)24(22)34(27)40)32-45(41,42)30-10-11-43-28(39)33-14-18(35)15-33/h4-7,12-13,16,18,30,32,35-37,40H,8-11,14-15H2,1-3H3. The second-order valence-electron chi connectivity index (χ2n) is 11.7. The summed E-state index contributed by atoms with van der Waals surface area (Å²) in [6.07, 6.45) is -0.0248. The number of β-amino-alcohol motifs (C(OH)–C–C–N with tert-alkyl or cyclic N) is 1. The number of fused-ring (bicyclic) bond motifs is 2. The van der Waals surface area contributed by atoms with E-state index in [9.17, 15) is 38.5 Å². The number of benzene rings is 2. The molecule has 0 radical (unpaired) electrons. The zero-order valence-corrected chi connectivity index (χ0v) is 26.5. The number of hydrogen-bond acceptors (Lipinski definition) is 12. The van der Waals surface area contributed by atoms with Gasteiger partial charge in [-0.1, -0.05) is 38.1 Å². The molecule has 0 saturated carbocycles. The predicted octanol–water partition coefficient (Wildman–Crippen LogP) is 3.31. The Kier molecular flexibility index (Phi) is 9.06. The van der Waals surface area contributed by atoms with Gasteiger partial charge in [-0.05, 0) is 37.3 Å². The number of nitrogens with zero attached hydrogens (tertiary/aromatic N) is 3. The van der Waals surface area contributed by atoms with Crippen LogP contribution in [-0.4, -0.2) is 83.9 Å². The number of rotatable bonds is 10. The van der Waals surface area contributed by atoms with Gasteiger partial charge < -0.3 is 25.0 Å². The molecule has 2 aromatic rings. The number of aliphatic hydroxyl groups is 2. The fourth-order valence-corrected chi connectivity index (χ4v) is 7.03. The van der Waals surface area contributed by atoms with Crippen molar-refractivity contribution in [1.29, 1.82) is 0 Å². The van der Waals surface area contributed by atoms with Gasteiger partial charge in [-0.2, -0.15) is 22.6 Å². The summed E-state index contributed by atoms with van der Waals surface area (Å²) in [5.74, 6) is -1.25. The molecule has 2 aliphatic heterocycles. The molecule has 1 atom stereocenters. The summed E-state index contributed by atoms with van der Waals surface area (Å²) in [5.41, 5.74) is -0.298. The molecule has 3 aliphatic rings. The number of ether oxygens (including phenoxy) is 1. The van der Waals surface area contributed by atoms with Gasteiger partial charge >= 0.3 is 6.09 Å². The van der Waals surface area contributed by atoms with Gasteiger partial charge in [-0.3, -0.25) is 14.7 Å². The van der Waals surface area contributed by atoms with Crippen LogP contribution in [0.25, 0.3) is 5.76 Å². The molecule has 2 heterocycles. The fourth-order valence-electron chi connectivity index (χ4n) is 5.37. The first kappa shape index (κ1) is 32.6. The Hall–Kier alpha value is -3.83. The van der Waals surface area contributed by atoms with E-state index in [1.165, 1.54) is 11.0 Å². The van der Waals surface area contributed by atoms with E-state index in [0.29, 0.717) is 28.5 Å². The average Bonchev–Trinajstić information content (AvgIpc) is 2.96. The summed E-state index contributed by atoms with van der Waals surface area (Å²) in [5, 5.41) is 43.1. The minimum absolute atomic E-state index is 0.0594. The Morgan fingerprint density at radius 2 is 1.93 bits per heavy atom. The number of hydroxylamine groups is 1. The number of Topliss-reactive ketones (excluding diaryl/α,β-unsaturated/α-hetero) is 1. The zero-order valence-electron chi connectivity index (χ0n) is 24.8. The van der Waals surface area contributed by atoms with Crippen molar-refractivity contribution in [2.75, 3.05) is 36.0 Å². The molecule has 16 heteroatoms. The van der Waals surface area contributed by atoms with Crippen molar-refractivity contribution in [3.05, 3.63) is 53.1 Å². The molecule has 6 N–H and O–H groups in total. The van der Waals surface area contributed by atoms with Crippen LogP contribution in [0.1, 0.15) is 44.7 Å². The van der Waals surface area contributed by atoms with Gasteiger partial charge in [0.2, 0.25) is 0 Å². The molecule has 1 saturated heterocycles. The minimum Gasteiger partial charge on any atom is -0.506 e. The molecule has 1 unspecified atom stereocenters. The fraction of sp³-hybridized carbons (Fsp3) is 0.414. The number of phenols is 1. The Bertz CT molecular complexity index is 1690. The van der Waals surface area contributed by atoms with Gasteiger partial charge in [0.05, 0.1) is 35.2 Å². The highest BCUT2D eigenvalue weighted by molar-refractivity contribution is 7.98. The van der Waals surface area contributed by atoms with Crippen LogP contribution >= 0.6 is 11.9 Å². The van der Waals surface area contributed by atoms with Crippen LogP contribution in [0.15, 0.2) is 51.3 Å². The monoisotopic (exact) mass is 661 g/mol. The van der Waals surface area contributed by atoms with E-state index in [1.54, 1.807) is 31.2 Å². The lowest BCUT2D eigenvalue weighted by molar-refractivity contribution is -0.120. The maximum absolute atomic E-state index is 14.1. The highest BCUT2D eigenvalue weighted by atomic mass is 32.2. The van der Waals surface area contributed by atoms with E-state index in [-0.39, 0.29) is 59.7 Å². The first-order valence-corrected chi connectivity index (χ1v) is 16.5. The third kappa shape index (κ3) is 6.46. The molecular formula is C29H35N5O9S2. The number of aliphatic hydroxyl groups excluding tert-OH is 2. The summed E-state index contributed by atoms with van der Waals surface area (Å²) < 4.78 is 38.9. The van der Waals surface area contributed by atoms with Gasteiger partial charge in [0.1, 0.15) is 29.4 Å². The van der Waals surface area contributed by atoms with Crippen molar-refractivity contribution < 1.29 is 43.3 Å². The summed E-state index contributed by atoms with van der Waals surface area (Å²) in [6.45, 7) is 5.73. The van der Waals surface area contributed by atoms with Crippen molar-refractivity contribution in [2.24, 2.45) is 10.3 Å². The van der Waals surface area contributed by atoms with Crippen LogP contribution in [0.5, 0.6) is 5.75 Å². The van der Waals surface area contributed by atoms with Crippen LogP contribution in [0.4, 0.5) is 16.2 Å². The maximum Gasteiger partial charge on any atom is 0.409 e. The number of phenolic OH excluding ortho intramolecular Hbond substituents is 1. The molecule has 45 heavy (non-hydrogen) atoms. The molecule has 5 rings (SSSR count). The van der Waals surface area contributed by atoms with Crippen LogP contribution in [-0.2, 0) is 25.2 Å². The second-order valence-corrected chi connectivity index (χ2v) is 14.0. The summed E-state index contributed by atoms with van der Waals surface area (Å²) in [6, 6.07) is 9.44. The van der Waals surface area contributed by atoms with E-state index in [2.05, 4.69) is 27.7 Å². The Balaban J connectivity index is 1.33. The second kappa shape index (κ2) is 12.5. The summed E-state index contributed by atoms with van der Waals surface area (Å²) in [4.78, 5) is 27.3. The molecule has 242 valence electrons. The first-order chi connectivity index (χ1) is 21.2. The highest BCUT2D eigenvalue weighted by Crippen LogP contribution is 2.48. The van der Waals surface area contributed by atoms with Gasteiger partial charge in [0.15, 0.2) is 11.6 Å². The smallest absolute Gasteiger partial charge is 0.409 e. The average molecular weight is 662 g/mol. The van der Waals surface area contributed by atoms with Crippen LogP contribution in [0, 0.1) is 5.92 Å². The SMILES string of the molecule is CC(C)CCC1(C)C(=O)C(C2=NSc3cc(NS(=O)(=O)NCCOC(=O)N4CC(O)C4)cc(O)c3N2O)=C(O)c2ccccc21. The number of amides is 1. The topological polar surface area (TPSA) is 201 Å². The predicted molar refractivity (Wildman–Crippen MR) is 168 cm³/mol. The minimum atomic E-state index is -4.17. The number of ketones is 1. The van der Waals surface area contributed by atoms with Crippen molar-refractivity contribution in [3.8, 4) is 5.75 Å². The van der Waals surface area contributed by atoms with Crippen molar-refractivity contribution in [3.63, 3.8) is 0 Å². The number of carbonyl (C=O) groups is 2. The van der Waals surface area contributed by atoms with Gasteiger partial charge in [0.25, 0.3) is 10.2 Å².